The monoisotopic (exact) mass is 290 g/mol. The van der Waals surface area contributed by atoms with Crippen molar-refractivity contribution in [3.8, 4) is 0 Å². The van der Waals surface area contributed by atoms with Crippen molar-refractivity contribution in [1.29, 1.82) is 0 Å². The molecular weight excluding hydrogens is 276 g/mol. The van der Waals surface area contributed by atoms with E-state index >= 15 is 0 Å². The topological polar surface area (TPSA) is 17.1 Å². The number of thioether (sulfide) groups is 1. The quantitative estimate of drug-likeness (QED) is 0.738. The Hall–Kier alpha value is -1.25. The van der Waals surface area contributed by atoms with Gasteiger partial charge in [-0.05, 0) is 24.6 Å². The predicted molar refractivity (Wildman–Crippen MR) is 83.1 cm³/mol. The van der Waals surface area contributed by atoms with Gasteiger partial charge < -0.3 is 0 Å². The van der Waals surface area contributed by atoms with Crippen LogP contribution in [0.3, 0.4) is 0 Å². The predicted octanol–water partition coefficient (Wildman–Crippen LogP) is 4.76. The Labute approximate surface area is 123 Å². The molecule has 0 aliphatic rings. The first kappa shape index (κ1) is 14.2. The van der Waals surface area contributed by atoms with E-state index in [1.54, 1.807) is 11.8 Å². The Kier molecular flexibility index (Phi) is 5.06. The molecule has 0 N–H and O–H groups in total. The minimum Gasteiger partial charge on any atom is -0.293 e. The standard InChI is InChI=1S/C16H15ClOS/c1-12-2-6-14(7-3-12)16(18)11-19-10-13-4-8-15(17)9-5-13/h2-9H,10-11H2,1H3. The van der Waals surface area contributed by atoms with E-state index in [0.717, 1.165) is 16.3 Å². The smallest absolute Gasteiger partial charge is 0.172 e. The van der Waals surface area contributed by atoms with Gasteiger partial charge in [0.25, 0.3) is 0 Å². The lowest BCUT2D eigenvalue weighted by atomic mass is 10.1. The summed E-state index contributed by atoms with van der Waals surface area (Å²) in [5, 5.41) is 0.740. The molecule has 2 aromatic carbocycles. The lowest BCUT2D eigenvalue weighted by molar-refractivity contribution is 0.102. The lowest BCUT2D eigenvalue weighted by Crippen LogP contribution is -2.02. The molecule has 19 heavy (non-hydrogen) atoms. The van der Waals surface area contributed by atoms with E-state index in [1.807, 2.05) is 55.5 Å². The minimum atomic E-state index is 0.180. The summed E-state index contributed by atoms with van der Waals surface area (Å²) in [7, 11) is 0. The summed E-state index contributed by atoms with van der Waals surface area (Å²) in [5.74, 6) is 1.51. The molecule has 0 amide bonds. The molecular formula is C16H15ClOS. The van der Waals surface area contributed by atoms with Crippen LogP contribution in [0.1, 0.15) is 21.5 Å². The fourth-order valence-electron chi connectivity index (χ4n) is 1.66. The highest BCUT2D eigenvalue weighted by molar-refractivity contribution is 7.99. The van der Waals surface area contributed by atoms with Crippen LogP contribution in [0, 0.1) is 6.92 Å². The molecule has 0 fully saturated rings. The van der Waals surface area contributed by atoms with Crippen molar-refractivity contribution in [2.45, 2.75) is 12.7 Å². The van der Waals surface area contributed by atoms with E-state index < -0.39 is 0 Å². The van der Waals surface area contributed by atoms with Crippen LogP contribution in [-0.4, -0.2) is 11.5 Å². The van der Waals surface area contributed by atoms with Crippen molar-refractivity contribution in [2.24, 2.45) is 0 Å². The molecule has 0 radical (unpaired) electrons. The Morgan fingerprint density at radius 3 is 2.32 bits per heavy atom. The van der Waals surface area contributed by atoms with E-state index in [1.165, 1.54) is 11.1 Å². The number of carbonyl (C=O) groups is 1. The third kappa shape index (κ3) is 4.41. The SMILES string of the molecule is Cc1ccc(C(=O)CSCc2ccc(Cl)cc2)cc1. The molecule has 98 valence electrons. The van der Waals surface area contributed by atoms with Gasteiger partial charge in [0.15, 0.2) is 5.78 Å². The molecule has 0 bridgehead atoms. The zero-order valence-corrected chi connectivity index (χ0v) is 12.3. The Balaban J connectivity index is 1.84. The van der Waals surface area contributed by atoms with Crippen molar-refractivity contribution in [1.82, 2.24) is 0 Å². The van der Waals surface area contributed by atoms with Gasteiger partial charge in [-0.1, -0.05) is 53.6 Å². The first-order chi connectivity index (χ1) is 9.15. The second-order valence-corrected chi connectivity index (χ2v) is 5.83. The van der Waals surface area contributed by atoms with Gasteiger partial charge in [0, 0.05) is 16.3 Å². The van der Waals surface area contributed by atoms with Crippen LogP contribution in [0.4, 0.5) is 0 Å². The molecule has 0 aliphatic heterocycles. The molecule has 0 atom stereocenters. The number of hydrogen-bond acceptors (Lipinski definition) is 2. The van der Waals surface area contributed by atoms with Crippen LogP contribution < -0.4 is 0 Å². The maximum absolute atomic E-state index is 12.0. The van der Waals surface area contributed by atoms with Gasteiger partial charge in [-0.15, -0.1) is 11.8 Å². The maximum Gasteiger partial charge on any atom is 0.172 e. The number of aryl methyl sites for hydroxylation is 1. The van der Waals surface area contributed by atoms with Crippen molar-refractivity contribution < 1.29 is 4.79 Å². The van der Waals surface area contributed by atoms with Gasteiger partial charge in [-0.25, -0.2) is 0 Å². The number of Topliss-reactive ketones (excluding diaryl/α,β-unsaturated/α-hetero) is 1. The van der Waals surface area contributed by atoms with Gasteiger partial charge in [-0.2, -0.15) is 0 Å². The summed E-state index contributed by atoms with van der Waals surface area (Å²) in [6.07, 6.45) is 0. The van der Waals surface area contributed by atoms with Gasteiger partial charge in [0.2, 0.25) is 0 Å². The van der Waals surface area contributed by atoms with E-state index in [-0.39, 0.29) is 5.78 Å². The molecule has 2 aromatic rings. The van der Waals surface area contributed by atoms with Crippen molar-refractivity contribution in [2.75, 3.05) is 5.75 Å². The fraction of sp³-hybridized carbons (Fsp3) is 0.188. The highest BCUT2D eigenvalue weighted by atomic mass is 35.5. The molecule has 0 aliphatic carbocycles. The Morgan fingerprint density at radius 1 is 1.05 bits per heavy atom. The lowest BCUT2D eigenvalue weighted by Gasteiger charge is -2.03. The second-order valence-electron chi connectivity index (χ2n) is 4.41. The third-order valence-electron chi connectivity index (χ3n) is 2.79. The van der Waals surface area contributed by atoms with Crippen LogP contribution >= 0.6 is 23.4 Å². The van der Waals surface area contributed by atoms with Gasteiger partial charge in [-0.3, -0.25) is 4.79 Å². The first-order valence-electron chi connectivity index (χ1n) is 6.07. The molecule has 1 nitrogen and oxygen atoms in total. The van der Waals surface area contributed by atoms with Crippen LogP contribution in [0.15, 0.2) is 48.5 Å². The molecule has 0 spiro atoms. The first-order valence-corrected chi connectivity index (χ1v) is 7.60. The summed E-state index contributed by atoms with van der Waals surface area (Å²) in [6, 6.07) is 15.4. The van der Waals surface area contributed by atoms with Gasteiger partial charge in [0.1, 0.15) is 0 Å². The highest BCUT2D eigenvalue weighted by Gasteiger charge is 2.05. The van der Waals surface area contributed by atoms with Crippen LogP contribution in [0.5, 0.6) is 0 Å². The molecule has 3 heteroatoms. The summed E-state index contributed by atoms with van der Waals surface area (Å²) in [4.78, 5) is 12.0. The van der Waals surface area contributed by atoms with Crippen LogP contribution in [0.25, 0.3) is 0 Å². The largest absolute Gasteiger partial charge is 0.293 e. The highest BCUT2D eigenvalue weighted by Crippen LogP contribution is 2.16. The summed E-state index contributed by atoms with van der Waals surface area (Å²) in [6.45, 7) is 2.02. The maximum atomic E-state index is 12.0. The summed E-state index contributed by atoms with van der Waals surface area (Å²) < 4.78 is 0. The zero-order chi connectivity index (χ0) is 13.7. The normalized spacial score (nSPS) is 10.4. The van der Waals surface area contributed by atoms with Crippen molar-refractivity contribution in [3.05, 3.63) is 70.2 Å². The fourth-order valence-corrected chi connectivity index (χ4v) is 2.67. The molecule has 0 saturated heterocycles. The Bertz CT molecular complexity index is 546. The number of hydrogen-bond donors (Lipinski definition) is 0. The number of halogens is 1. The minimum absolute atomic E-state index is 0.180. The second kappa shape index (κ2) is 6.78. The van der Waals surface area contributed by atoms with Crippen LogP contribution in [0.2, 0.25) is 5.02 Å². The Morgan fingerprint density at radius 2 is 1.68 bits per heavy atom. The molecule has 0 saturated carbocycles. The number of rotatable bonds is 5. The summed E-state index contributed by atoms with van der Waals surface area (Å²) in [5.41, 5.74) is 3.14. The van der Waals surface area contributed by atoms with Gasteiger partial charge in [0.05, 0.1) is 5.75 Å². The molecule has 0 aromatic heterocycles. The number of benzene rings is 2. The average molecular weight is 291 g/mol. The molecule has 0 heterocycles. The zero-order valence-electron chi connectivity index (χ0n) is 10.7. The van der Waals surface area contributed by atoms with E-state index in [2.05, 4.69) is 0 Å². The molecule has 2 rings (SSSR count). The van der Waals surface area contributed by atoms with E-state index in [9.17, 15) is 4.79 Å². The van der Waals surface area contributed by atoms with Gasteiger partial charge >= 0.3 is 0 Å². The van der Waals surface area contributed by atoms with E-state index in [4.69, 9.17) is 11.6 Å². The van der Waals surface area contributed by atoms with Crippen molar-refractivity contribution in [3.63, 3.8) is 0 Å². The number of carbonyl (C=O) groups excluding carboxylic acids is 1. The van der Waals surface area contributed by atoms with E-state index in [0.29, 0.717) is 5.75 Å². The number of ketones is 1. The average Bonchev–Trinajstić information content (AvgIpc) is 2.41. The van der Waals surface area contributed by atoms with Crippen LogP contribution in [-0.2, 0) is 5.75 Å². The third-order valence-corrected chi connectivity index (χ3v) is 4.04. The summed E-state index contributed by atoms with van der Waals surface area (Å²) >= 11 is 7.45. The van der Waals surface area contributed by atoms with Crippen molar-refractivity contribution >= 4 is 29.1 Å². The molecule has 0 unspecified atom stereocenters.